The third-order valence-corrected chi connectivity index (χ3v) is 5.69. The Bertz CT molecular complexity index is 1410. The van der Waals surface area contributed by atoms with Gasteiger partial charge in [0.15, 0.2) is 11.2 Å². The maximum absolute atomic E-state index is 11.7. The summed E-state index contributed by atoms with van der Waals surface area (Å²) < 4.78 is 18.4. The zero-order valence-electron chi connectivity index (χ0n) is 23.4. The van der Waals surface area contributed by atoms with Crippen molar-refractivity contribution in [3.05, 3.63) is 48.7 Å². The highest BCUT2D eigenvalue weighted by atomic mass is 16.6. The SMILES string of the molecule is CC(C)(C)OC(=O)NCCCOc1cccc(Nc2ncc3nnn(C4=CCC(OCCCC(=O)O)C=C4)c3n2)c1. The van der Waals surface area contributed by atoms with Gasteiger partial charge in [-0.3, -0.25) is 4.79 Å². The molecule has 1 aliphatic carbocycles. The highest BCUT2D eigenvalue weighted by Crippen LogP contribution is 2.23. The molecule has 0 saturated carbocycles. The summed E-state index contributed by atoms with van der Waals surface area (Å²) in [7, 11) is 0. The zero-order valence-corrected chi connectivity index (χ0v) is 23.4. The lowest BCUT2D eigenvalue weighted by Gasteiger charge is -2.19. The second-order valence-electron chi connectivity index (χ2n) is 10.3. The van der Waals surface area contributed by atoms with E-state index in [0.29, 0.717) is 61.9 Å². The number of carboxylic acid groups (broad SMARTS) is 1. The first-order valence-corrected chi connectivity index (χ1v) is 13.4. The highest BCUT2D eigenvalue weighted by molar-refractivity contribution is 5.77. The minimum atomic E-state index is -0.827. The number of nitrogens with one attached hydrogen (secondary N) is 2. The third-order valence-electron chi connectivity index (χ3n) is 5.69. The molecular formula is C28H35N7O6. The number of amides is 1. The number of hydrogen-bond acceptors (Lipinski definition) is 10. The molecule has 2 heterocycles. The normalized spacial score (nSPS) is 14.9. The van der Waals surface area contributed by atoms with Crippen LogP contribution in [-0.2, 0) is 14.3 Å². The van der Waals surface area contributed by atoms with Gasteiger partial charge in [0.05, 0.1) is 24.6 Å². The van der Waals surface area contributed by atoms with Crippen LogP contribution in [0.15, 0.2) is 48.7 Å². The van der Waals surface area contributed by atoms with Crippen molar-refractivity contribution >= 4 is 40.6 Å². The lowest BCUT2D eigenvalue weighted by molar-refractivity contribution is -0.137. The van der Waals surface area contributed by atoms with Crippen LogP contribution >= 0.6 is 0 Å². The average Bonchev–Trinajstić information content (AvgIpc) is 3.34. The first kappa shape index (κ1) is 29.5. The molecule has 1 unspecified atom stereocenters. The topological polar surface area (TPSA) is 163 Å². The number of aliphatic carboxylic acids is 1. The molecule has 1 aromatic carbocycles. The summed E-state index contributed by atoms with van der Waals surface area (Å²) in [6.07, 6.45) is 8.63. The van der Waals surface area contributed by atoms with Crippen LogP contribution in [0.1, 0.15) is 46.5 Å². The number of hydrogen-bond donors (Lipinski definition) is 3. The van der Waals surface area contributed by atoms with Gasteiger partial charge < -0.3 is 30.0 Å². The molecule has 3 aromatic rings. The second-order valence-corrected chi connectivity index (χ2v) is 10.3. The number of carbonyl (C=O) groups excluding carboxylic acids is 1. The van der Waals surface area contributed by atoms with Gasteiger partial charge in [0.25, 0.3) is 0 Å². The van der Waals surface area contributed by atoms with Crippen molar-refractivity contribution in [3.8, 4) is 5.75 Å². The fraction of sp³-hybridized carbons (Fsp3) is 0.429. The van der Waals surface area contributed by atoms with Gasteiger partial charge in [0.1, 0.15) is 11.4 Å². The summed E-state index contributed by atoms with van der Waals surface area (Å²) in [6.45, 7) is 6.70. The van der Waals surface area contributed by atoms with Gasteiger partial charge in [0.2, 0.25) is 5.95 Å². The van der Waals surface area contributed by atoms with Crippen molar-refractivity contribution < 1.29 is 28.9 Å². The van der Waals surface area contributed by atoms with Gasteiger partial charge in [-0.05, 0) is 58.2 Å². The van der Waals surface area contributed by atoms with E-state index in [1.54, 1.807) is 10.9 Å². The number of allylic oxidation sites excluding steroid dienone is 2. The molecule has 13 heteroatoms. The summed E-state index contributed by atoms with van der Waals surface area (Å²) in [5.41, 5.74) is 2.11. The molecule has 218 valence electrons. The summed E-state index contributed by atoms with van der Waals surface area (Å²) in [6, 6.07) is 7.43. The van der Waals surface area contributed by atoms with E-state index >= 15 is 0 Å². The Labute approximate surface area is 237 Å². The van der Waals surface area contributed by atoms with Crippen molar-refractivity contribution in [3.63, 3.8) is 0 Å². The van der Waals surface area contributed by atoms with Crippen molar-refractivity contribution in [1.82, 2.24) is 30.3 Å². The average molecular weight is 566 g/mol. The minimum Gasteiger partial charge on any atom is -0.493 e. The predicted molar refractivity (Wildman–Crippen MR) is 152 cm³/mol. The molecule has 0 bridgehead atoms. The Morgan fingerprint density at radius 3 is 2.80 bits per heavy atom. The molecule has 3 N–H and O–H groups in total. The van der Waals surface area contributed by atoms with Crippen LogP contribution in [0.25, 0.3) is 16.9 Å². The van der Waals surface area contributed by atoms with Gasteiger partial charge in [-0.25, -0.2) is 9.78 Å². The fourth-order valence-corrected chi connectivity index (χ4v) is 3.85. The summed E-state index contributed by atoms with van der Waals surface area (Å²) >= 11 is 0. The van der Waals surface area contributed by atoms with Crippen molar-refractivity contribution in [1.29, 1.82) is 0 Å². The van der Waals surface area contributed by atoms with Crippen LogP contribution in [0.5, 0.6) is 5.75 Å². The van der Waals surface area contributed by atoms with Crippen molar-refractivity contribution in [2.24, 2.45) is 0 Å². The number of aromatic nitrogens is 5. The smallest absolute Gasteiger partial charge is 0.407 e. The summed E-state index contributed by atoms with van der Waals surface area (Å²) in [4.78, 5) is 31.4. The lowest BCUT2D eigenvalue weighted by atomic mass is 10.1. The molecule has 2 aromatic heterocycles. The largest absolute Gasteiger partial charge is 0.493 e. The summed E-state index contributed by atoms with van der Waals surface area (Å²) in [5, 5.41) is 23.1. The number of ether oxygens (including phenoxy) is 3. The van der Waals surface area contributed by atoms with E-state index in [0.717, 1.165) is 11.4 Å². The van der Waals surface area contributed by atoms with Crippen LogP contribution in [0.3, 0.4) is 0 Å². The quantitative estimate of drug-likeness (QED) is 0.253. The molecule has 0 aliphatic heterocycles. The molecule has 13 nitrogen and oxygen atoms in total. The number of rotatable bonds is 13. The van der Waals surface area contributed by atoms with Gasteiger partial charge in [-0.15, -0.1) is 5.10 Å². The van der Waals surface area contributed by atoms with Gasteiger partial charge in [-0.2, -0.15) is 9.67 Å². The molecule has 1 atom stereocenters. The second kappa shape index (κ2) is 13.7. The van der Waals surface area contributed by atoms with Crippen LogP contribution in [0.4, 0.5) is 16.4 Å². The van der Waals surface area contributed by atoms with Gasteiger partial charge >= 0.3 is 12.1 Å². The van der Waals surface area contributed by atoms with Crippen LogP contribution < -0.4 is 15.4 Å². The van der Waals surface area contributed by atoms with Crippen molar-refractivity contribution in [2.45, 2.75) is 58.2 Å². The van der Waals surface area contributed by atoms with Crippen LogP contribution in [0, 0.1) is 0 Å². The Balaban J connectivity index is 1.30. The maximum Gasteiger partial charge on any atom is 0.407 e. The van der Waals surface area contributed by atoms with E-state index in [1.165, 1.54) is 0 Å². The highest BCUT2D eigenvalue weighted by Gasteiger charge is 2.16. The standard InChI is InChI=1S/C28H35N7O6/c1-28(2,3)41-27(38)29-14-6-16-40-22-8-4-7-19(17-22)31-26-30-18-23-25(32-26)35(34-33-23)20-10-12-21(13-11-20)39-15-5-9-24(36)37/h4,7-8,10-12,17-18,21H,5-6,9,13-16H2,1-3H3,(H,29,38)(H,36,37)(H,30,31,32). The molecule has 1 amide bonds. The first-order valence-electron chi connectivity index (χ1n) is 13.4. The molecule has 0 fully saturated rings. The van der Waals surface area contributed by atoms with Gasteiger partial charge in [-0.1, -0.05) is 23.4 Å². The van der Waals surface area contributed by atoms with E-state index in [1.807, 2.05) is 63.3 Å². The van der Waals surface area contributed by atoms with Crippen LogP contribution in [-0.4, -0.2) is 73.6 Å². The van der Waals surface area contributed by atoms with Crippen LogP contribution in [0.2, 0.25) is 0 Å². The number of nitrogens with zero attached hydrogens (tertiary/aromatic N) is 5. The zero-order chi connectivity index (χ0) is 29.2. The molecule has 0 saturated heterocycles. The molecule has 0 radical (unpaired) electrons. The minimum absolute atomic E-state index is 0.0882. The molecule has 0 spiro atoms. The number of anilines is 2. The number of fused-ring (bicyclic) bond motifs is 1. The van der Waals surface area contributed by atoms with E-state index in [9.17, 15) is 9.59 Å². The Morgan fingerprint density at radius 1 is 1.20 bits per heavy atom. The number of alkyl carbamates (subject to hydrolysis) is 1. The monoisotopic (exact) mass is 565 g/mol. The molecule has 41 heavy (non-hydrogen) atoms. The fourth-order valence-electron chi connectivity index (χ4n) is 3.85. The number of benzene rings is 1. The Hall–Kier alpha value is -4.52. The molecule has 4 rings (SSSR count). The Kier molecular flexibility index (Phi) is 9.85. The van der Waals surface area contributed by atoms with Crippen molar-refractivity contribution in [2.75, 3.05) is 25.1 Å². The van der Waals surface area contributed by atoms with E-state index in [4.69, 9.17) is 19.3 Å². The number of carboxylic acids is 1. The Morgan fingerprint density at radius 2 is 2.05 bits per heavy atom. The van der Waals surface area contributed by atoms with E-state index in [-0.39, 0.29) is 12.5 Å². The third kappa shape index (κ3) is 9.28. The first-order chi connectivity index (χ1) is 19.7. The molecular weight excluding hydrogens is 530 g/mol. The number of carbonyl (C=O) groups is 2. The molecule has 1 aliphatic rings. The lowest BCUT2D eigenvalue weighted by Crippen LogP contribution is -2.33. The van der Waals surface area contributed by atoms with E-state index in [2.05, 4.69) is 30.9 Å². The predicted octanol–water partition coefficient (Wildman–Crippen LogP) is 4.31. The summed E-state index contributed by atoms with van der Waals surface area (Å²) in [5.74, 6) is 0.212. The maximum atomic E-state index is 11.7. The van der Waals surface area contributed by atoms with E-state index < -0.39 is 17.7 Å². The van der Waals surface area contributed by atoms with Gasteiger partial charge in [0, 0.05) is 31.3 Å².